The van der Waals surface area contributed by atoms with Gasteiger partial charge in [0.2, 0.25) is 17.5 Å². The van der Waals surface area contributed by atoms with Gasteiger partial charge >= 0.3 is 0 Å². The minimum Gasteiger partial charge on any atom is -0.349 e. The molecule has 1 saturated heterocycles. The summed E-state index contributed by atoms with van der Waals surface area (Å²) in [5.41, 5.74) is -2.92. The molecule has 1 aliphatic heterocycles. The molecule has 16 nitrogen and oxygen atoms in total. The van der Waals surface area contributed by atoms with Crippen LogP contribution in [0.3, 0.4) is 0 Å². The van der Waals surface area contributed by atoms with Crippen molar-refractivity contribution in [2.45, 2.75) is 58.5 Å². The summed E-state index contributed by atoms with van der Waals surface area (Å²) in [5.74, 6) is -0.350. The number of nitrogens with zero attached hydrogens (tertiary/aromatic N) is 7. The predicted molar refractivity (Wildman–Crippen MR) is 166 cm³/mol. The molecule has 0 saturated carbocycles. The van der Waals surface area contributed by atoms with Crippen molar-refractivity contribution in [3.8, 4) is 0 Å². The zero-order chi connectivity index (χ0) is 31.6. The number of ether oxygens (including phenoxy) is 1. The molecule has 1 amide bonds. The highest BCUT2D eigenvalue weighted by Gasteiger charge is 2.47. The molecule has 0 aliphatic carbocycles. The van der Waals surface area contributed by atoms with Crippen molar-refractivity contribution >= 4 is 73.0 Å². The van der Waals surface area contributed by atoms with Crippen LogP contribution in [0.25, 0.3) is 22.3 Å². The van der Waals surface area contributed by atoms with Crippen LogP contribution in [0.4, 0.5) is 10.3 Å². The van der Waals surface area contributed by atoms with E-state index in [2.05, 4.69) is 47.5 Å². The molecule has 44 heavy (non-hydrogen) atoms. The molecule has 0 bridgehead atoms. The van der Waals surface area contributed by atoms with Gasteiger partial charge in [-0.2, -0.15) is 4.98 Å². The number of halogens is 1. The lowest BCUT2D eigenvalue weighted by Gasteiger charge is -2.26. The van der Waals surface area contributed by atoms with Crippen LogP contribution in [0, 0.1) is 5.92 Å². The van der Waals surface area contributed by atoms with Crippen LogP contribution in [-0.4, -0.2) is 77.0 Å². The minimum atomic E-state index is -3.43. The zero-order valence-electron chi connectivity index (χ0n) is 23.9. The summed E-state index contributed by atoms with van der Waals surface area (Å²) in [6.45, 7) is 5.50. The standard InChI is InChI=1S/C23H30FN9O7P2S2/c1-11(2)20(34)30-23-29-19-16(21(35)31-23)27-10-33(19)22-17(15(24)12(3)39-22)40-42(43,44)38-8-14-28-13-7-25-9-26-18(13)32(14)5-6-37-41-36-4/h7,9-12,15,17,22,41H,5-6,8H2,1-4H3,(H,43,44)(H2,29,30,31,34,35)/t12-,15-,17-,22-/m1/s1. The summed E-state index contributed by atoms with van der Waals surface area (Å²) in [5, 5.41) is 2.55. The Balaban J connectivity index is 1.37. The fourth-order valence-corrected chi connectivity index (χ4v) is 6.51. The SMILES string of the molecule is COPOCCn1c(COP(=S)(S)O[C@@H]2[C@H](F)[C@@H](C)O[C@H]2n2cnc3c(=O)[nH]c(NC(=O)C(C)C)nc32)nc2cncnc21. The fourth-order valence-electron chi connectivity index (χ4n) is 4.39. The number of amides is 1. The van der Waals surface area contributed by atoms with Crippen molar-refractivity contribution in [1.29, 1.82) is 0 Å². The molecule has 2 N–H and O–H groups in total. The van der Waals surface area contributed by atoms with Gasteiger partial charge in [0, 0.05) is 19.6 Å². The Bertz CT molecular complexity index is 1760. The molecule has 4 aromatic rings. The van der Waals surface area contributed by atoms with Gasteiger partial charge in [0.1, 0.15) is 30.4 Å². The first-order valence-corrected chi connectivity index (χ1v) is 17.9. The molecule has 2 unspecified atom stereocenters. The molecule has 4 aromatic heterocycles. The lowest BCUT2D eigenvalue weighted by molar-refractivity contribution is -0.118. The zero-order valence-corrected chi connectivity index (χ0v) is 27.5. The van der Waals surface area contributed by atoms with E-state index in [1.807, 2.05) is 0 Å². The number of rotatable bonds is 13. The van der Waals surface area contributed by atoms with E-state index in [0.29, 0.717) is 30.1 Å². The first-order valence-electron chi connectivity index (χ1n) is 13.3. The van der Waals surface area contributed by atoms with Crippen molar-refractivity contribution < 1.29 is 32.0 Å². The number of fused-ring (bicyclic) bond motifs is 2. The van der Waals surface area contributed by atoms with Gasteiger partial charge in [-0.25, -0.2) is 24.3 Å². The molecule has 0 aromatic carbocycles. The third-order valence-electron chi connectivity index (χ3n) is 6.53. The maximum absolute atomic E-state index is 15.5. The van der Waals surface area contributed by atoms with E-state index in [0.717, 1.165) is 0 Å². The van der Waals surface area contributed by atoms with E-state index in [1.165, 1.54) is 31.3 Å². The number of aromatic nitrogens is 8. The molecule has 6 atom stereocenters. The van der Waals surface area contributed by atoms with E-state index >= 15 is 4.39 Å². The molecule has 1 fully saturated rings. The van der Waals surface area contributed by atoms with Crippen LogP contribution in [0.15, 0.2) is 23.6 Å². The van der Waals surface area contributed by atoms with Gasteiger partial charge in [0.15, 0.2) is 38.2 Å². The number of thiol groups is 1. The molecule has 1 aliphatic rings. The summed E-state index contributed by atoms with van der Waals surface area (Å²) in [6.07, 6.45) is -0.734. The van der Waals surface area contributed by atoms with E-state index in [-0.39, 0.29) is 44.6 Å². The smallest absolute Gasteiger partial charge is 0.280 e. The van der Waals surface area contributed by atoms with Gasteiger partial charge in [-0.1, -0.05) is 26.1 Å². The first-order chi connectivity index (χ1) is 21.0. The Labute approximate surface area is 262 Å². The lowest BCUT2D eigenvalue weighted by atomic mass is 10.2. The number of H-pyrrole nitrogens is 1. The number of carbonyl (C=O) groups is 1. The van der Waals surface area contributed by atoms with Crippen LogP contribution in [0.1, 0.15) is 32.8 Å². The summed E-state index contributed by atoms with van der Waals surface area (Å²) >= 11 is 10.0. The summed E-state index contributed by atoms with van der Waals surface area (Å²) in [7, 11) is 1.42. The summed E-state index contributed by atoms with van der Waals surface area (Å²) < 4.78 is 46.9. The number of aromatic amines is 1. The predicted octanol–water partition coefficient (Wildman–Crippen LogP) is 3.04. The van der Waals surface area contributed by atoms with Crippen LogP contribution >= 0.6 is 27.0 Å². The van der Waals surface area contributed by atoms with Crippen LogP contribution in [0.2, 0.25) is 0 Å². The Morgan fingerprint density at radius 1 is 1.34 bits per heavy atom. The average molecular weight is 690 g/mol. The topological polar surface area (TPSA) is 182 Å². The molecular formula is C23H30FN9O7P2S2. The number of anilines is 1. The summed E-state index contributed by atoms with van der Waals surface area (Å²) in [4.78, 5) is 48.7. The minimum absolute atomic E-state index is 0.0385. The second kappa shape index (κ2) is 13.9. The number of carbonyl (C=O) groups excluding carboxylic acids is 1. The van der Waals surface area contributed by atoms with Gasteiger partial charge in [-0.3, -0.25) is 24.5 Å². The largest absolute Gasteiger partial charge is 0.349 e. The number of hydrogen-bond acceptors (Lipinski definition) is 13. The number of imidazole rings is 2. The molecule has 5 rings (SSSR count). The Hall–Kier alpha value is -2.47. The van der Waals surface area contributed by atoms with E-state index < -0.39 is 35.9 Å². The molecular weight excluding hydrogens is 659 g/mol. The molecule has 0 spiro atoms. The average Bonchev–Trinajstić information content (AvgIpc) is 3.64. The monoisotopic (exact) mass is 689 g/mol. The van der Waals surface area contributed by atoms with E-state index in [4.69, 9.17) is 34.6 Å². The maximum Gasteiger partial charge on any atom is 0.280 e. The highest BCUT2D eigenvalue weighted by molar-refractivity contribution is 8.60. The third kappa shape index (κ3) is 7.16. The highest BCUT2D eigenvalue weighted by Crippen LogP contribution is 2.57. The van der Waals surface area contributed by atoms with Gasteiger partial charge in [-0.15, -0.1) is 0 Å². The fraction of sp³-hybridized carbons (Fsp3) is 0.522. The quantitative estimate of drug-likeness (QED) is 0.106. The van der Waals surface area contributed by atoms with Gasteiger partial charge in [-0.05, 0) is 18.7 Å². The normalized spacial score (nSPS) is 22.1. The van der Waals surface area contributed by atoms with Crippen LogP contribution < -0.4 is 10.9 Å². The van der Waals surface area contributed by atoms with E-state index in [9.17, 15) is 9.59 Å². The Morgan fingerprint density at radius 2 is 2.14 bits per heavy atom. The highest BCUT2D eigenvalue weighted by atomic mass is 32.9. The number of hydrogen-bond donors (Lipinski definition) is 3. The van der Waals surface area contributed by atoms with Crippen LogP contribution in [0.5, 0.6) is 0 Å². The summed E-state index contributed by atoms with van der Waals surface area (Å²) in [6, 6.07) is 0. The maximum atomic E-state index is 15.5. The van der Waals surface area contributed by atoms with Gasteiger partial charge < -0.3 is 27.4 Å². The van der Waals surface area contributed by atoms with Crippen molar-refractivity contribution in [2.24, 2.45) is 5.92 Å². The third-order valence-corrected chi connectivity index (χ3v) is 9.19. The van der Waals surface area contributed by atoms with Crippen LogP contribution in [-0.2, 0) is 52.6 Å². The molecule has 0 radical (unpaired) electrons. The molecule has 21 heteroatoms. The van der Waals surface area contributed by atoms with Crippen molar-refractivity contribution in [2.75, 3.05) is 19.0 Å². The second-order valence-electron chi connectivity index (χ2n) is 9.92. The van der Waals surface area contributed by atoms with Gasteiger partial charge in [0.05, 0.1) is 25.2 Å². The van der Waals surface area contributed by atoms with Crippen molar-refractivity contribution in [1.82, 2.24) is 39.0 Å². The van der Waals surface area contributed by atoms with Crippen molar-refractivity contribution in [3.05, 3.63) is 35.0 Å². The van der Waals surface area contributed by atoms with Crippen molar-refractivity contribution in [3.63, 3.8) is 0 Å². The first kappa shape index (κ1) is 32.9. The molecule has 238 valence electrons. The number of alkyl halides is 1. The molecule has 5 heterocycles. The van der Waals surface area contributed by atoms with E-state index in [1.54, 1.807) is 24.6 Å². The lowest BCUT2D eigenvalue weighted by Crippen LogP contribution is -2.29. The number of nitrogens with one attached hydrogen (secondary N) is 2. The van der Waals surface area contributed by atoms with Gasteiger partial charge in [0.25, 0.3) is 5.56 Å². The Kier molecular flexibility index (Phi) is 10.4. The Morgan fingerprint density at radius 3 is 2.89 bits per heavy atom. The second-order valence-corrected chi connectivity index (χ2v) is 16.0.